The van der Waals surface area contributed by atoms with Gasteiger partial charge < -0.3 is 11.0 Å². The lowest BCUT2D eigenvalue weighted by molar-refractivity contribution is -0.835. The second-order valence-corrected chi connectivity index (χ2v) is 4.34. The molecule has 0 aromatic rings. The summed E-state index contributed by atoms with van der Waals surface area (Å²) in [4.78, 5) is 0. The third kappa shape index (κ3) is 1.18. The van der Waals surface area contributed by atoms with E-state index < -0.39 is 11.2 Å². The first kappa shape index (κ1) is 10.9. The first-order chi connectivity index (χ1) is 6.26. The zero-order chi connectivity index (χ0) is 11.1. The largest absolute Gasteiger partial charge is 0.323 e. The summed E-state index contributed by atoms with van der Waals surface area (Å²) < 4.78 is 0.962. The van der Waals surface area contributed by atoms with Gasteiger partial charge in [-0.25, -0.2) is 0 Å². The Morgan fingerprint density at radius 1 is 1.43 bits per heavy atom. The van der Waals surface area contributed by atoms with Gasteiger partial charge in [0, 0.05) is 18.6 Å². The first-order valence-electron chi connectivity index (χ1n) is 4.35. The van der Waals surface area contributed by atoms with E-state index in [0.29, 0.717) is 5.71 Å². The molecule has 1 aliphatic rings. The predicted molar refractivity (Wildman–Crippen MR) is 51.5 cm³/mol. The standard InChI is InChI=1S/C8H16N4O2/c1-7(2)6(5-10-9)11(13)8(3,4)12(7)14/h5,9,13-14H,1-4H3/p+1. The fraction of sp³-hybridized carbons (Fsp3) is 0.750. The van der Waals surface area contributed by atoms with Gasteiger partial charge in [0.1, 0.15) is 11.8 Å². The predicted octanol–water partition coefficient (Wildman–Crippen LogP) is -0.00690. The molecule has 0 atom stereocenters. The summed E-state index contributed by atoms with van der Waals surface area (Å²) in [6, 6.07) is 0. The number of hydrazone groups is 1. The van der Waals surface area contributed by atoms with Gasteiger partial charge in [0.2, 0.25) is 0 Å². The maximum absolute atomic E-state index is 9.86. The molecule has 0 saturated heterocycles. The number of hydrogen-bond donors (Lipinski definition) is 3. The average molecular weight is 201 g/mol. The van der Waals surface area contributed by atoms with Crippen molar-refractivity contribution in [2.24, 2.45) is 10.9 Å². The molecule has 1 aliphatic heterocycles. The van der Waals surface area contributed by atoms with Gasteiger partial charge in [0.15, 0.2) is 0 Å². The van der Waals surface area contributed by atoms with Crippen LogP contribution in [0.2, 0.25) is 0 Å². The quantitative estimate of drug-likeness (QED) is 0.183. The van der Waals surface area contributed by atoms with Crippen LogP contribution in [0.25, 0.3) is 0 Å². The molecule has 0 aromatic carbocycles. The maximum Gasteiger partial charge on any atom is 0.283 e. The Labute approximate surface area is 82.9 Å². The summed E-state index contributed by atoms with van der Waals surface area (Å²) in [5.74, 6) is 5.04. The van der Waals surface area contributed by atoms with E-state index in [-0.39, 0.29) is 0 Å². The van der Waals surface area contributed by atoms with Gasteiger partial charge in [-0.05, 0) is 13.8 Å². The van der Waals surface area contributed by atoms with Crippen molar-refractivity contribution < 1.29 is 15.2 Å². The van der Waals surface area contributed by atoms with Crippen LogP contribution in [-0.4, -0.2) is 43.3 Å². The molecular formula is C8H17N4O2+. The lowest BCUT2D eigenvalue weighted by Crippen LogP contribution is -2.51. The molecule has 0 fully saturated rings. The Balaban J connectivity index is 3.30. The SMILES string of the molecule is CC1(C)C(C=NN)=[N+](O)C(C)(C)N1O. The smallest absolute Gasteiger partial charge is 0.283 e. The van der Waals surface area contributed by atoms with Crippen LogP contribution < -0.4 is 5.84 Å². The van der Waals surface area contributed by atoms with Crippen molar-refractivity contribution in [1.82, 2.24) is 5.06 Å². The van der Waals surface area contributed by atoms with E-state index in [4.69, 9.17) is 5.84 Å². The van der Waals surface area contributed by atoms with Gasteiger partial charge in [-0.3, -0.25) is 5.21 Å². The molecular weight excluding hydrogens is 184 g/mol. The molecule has 0 unspecified atom stereocenters. The maximum atomic E-state index is 9.86. The number of hydrogen-bond acceptors (Lipinski definition) is 5. The van der Waals surface area contributed by atoms with Crippen molar-refractivity contribution in [1.29, 1.82) is 0 Å². The summed E-state index contributed by atoms with van der Waals surface area (Å²) in [5, 5.41) is 24.1. The minimum atomic E-state index is -0.889. The number of nitrogens with zero attached hydrogens (tertiary/aromatic N) is 3. The molecule has 80 valence electrons. The van der Waals surface area contributed by atoms with Crippen LogP contribution >= 0.6 is 0 Å². The van der Waals surface area contributed by atoms with Crippen molar-refractivity contribution in [3.05, 3.63) is 0 Å². The molecule has 0 amide bonds. The molecule has 1 heterocycles. The van der Waals surface area contributed by atoms with Gasteiger partial charge in [0.05, 0.1) is 0 Å². The Morgan fingerprint density at radius 2 is 1.93 bits per heavy atom. The van der Waals surface area contributed by atoms with Crippen LogP contribution in [0.3, 0.4) is 0 Å². The Hall–Kier alpha value is -1.14. The average Bonchev–Trinajstić information content (AvgIpc) is 2.19. The van der Waals surface area contributed by atoms with Crippen molar-refractivity contribution in [3.63, 3.8) is 0 Å². The van der Waals surface area contributed by atoms with Crippen LogP contribution in [0.4, 0.5) is 0 Å². The number of hydroxylamine groups is 3. The van der Waals surface area contributed by atoms with E-state index in [0.717, 1.165) is 9.80 Å². The molecule has 6 heteroatoms. The van der Waals surface area contributed by atoms with Crippen LogP contribution in [0.1, 0.15) is 27.7 Å². The molecule has 0 radical (unpaired) electrons. The lowest BCUT2D eigenvalue weighted by atomic mass is 9.99. The Bertz CT molecular complexity index is 306. The number of rotatable bonds is 1. The highest BCUT2D eigenvalue weighted by molar-refractivity contribution is 6.32. The van der Waals surface area contributed by atoms with Crippen molar-refractivity contribution in [3.8, 4) is 0 Å². The van der Waals surface area contributed by atoms with E-state index in [9.17, 15) is 10.4 Å². The molecule has 0 saturated carbocycles. The lowest BCUT2D eigenvalue weighted by Gasteiger charge is -2.27. The minimum Gasteiger partial charge on any atom is -0.323 e. The molecule has 0 aromatic heterocycles. The fourth-order valence-corrected chi connectivity index (χ4v) is 1.72. The Morgan fingerprint density at radius 3 is 2.21 bits per heavy atom. The molecule has 4 N–H and O–H groups in total. The topological polar surface area (TPSA) is 85.1 Å². The minimum absolute atomic E-state index is 0.451. The van der Waals surface area contributed by atoms with Crippen LogP contribution in [0.15, 0.2) is 5.10 Å². The molecule has 0 aliphatic carbocycles. The first-order valence-corrected chi connectivity index (χ1v) is 4.35. The van der Waals surface area contributed by atoms with Gasteiger partial charge in [-0.2, -0.15) is 5.10 Å². The van der Waals surface area contributed by atoms with E-state index >= 15 is 0 Å². The van der Waals surface area contributed by atoms with Gasteiger partial charge in [-0.15, -0.1) is 5.06 Å². The van der Waals surface area contributed by atoms with Crippen molar-refractivity contribution >= 4 is 11.9 Å². The summed E-state index contributed by atoms with van der Waals surface area (Å²) in [5.41, 5.74) is -1.16. The second-order valence-electron chi connectivity index (χ2n) is 4.34. The van der Waals surface area contributed by atoms with E-state index in [2.05, 4.69) is 5.10 Å². The highest BCUT2D eigenvalue weighted by atomic mass is 16.6. The molecule has 1 rings (SSSR count). The zero-order valence-corrected chi connectivity index (χ0v) is 8.89. The van der Waals surface area contributed by atoms with Crippen LogP contribution in [-0.2, 0) is 0 Å². The van der Waals surface area contributed by atoms with Crippen molar-refractivity contribution in [2.45, 2.75) is 38.9 Å². The molecule has 6 nitrogen and oxygen atoms in total. The zero-order valence-electron chi connectivity index (χ0n) is 8.89. The Kier molecular flexibility index (Phi) is 2.29. The third-order valence-electron chi connectivity index (χ3n) is 2.62. The molecule has 0 bridgehead atoms. The number of nitrogens with two attached hydrogens (primary N) is 1. The van der Waals surface area contributed by atoms with Gasteiger partial charge >= 0.3 is 0 Å². The van der Waals surface area contributed by atoms with E-state index in [1.807, 2.05) is 0 Å². The van der Waals surface area contributed by atoms with Gasteiger partial charge in [-0.1, -0.05) is 0 Å². The highest BCUT2D eigenvalue weighted by Gasteiger charge is 2.59. The summed E-state index contributed by atoms with van der Waals surface area (Å²) in [6.07, 6.45) is 1.33. The van der Waals surface area contributed by atoms with Crippen molar-refractivity contribution in [2.75, 3.05) is 0 Å². The summed E-state index contributed by atoms with van der Waals surface area (Å²) in [6.45, 7) is 6.90. The molecule has 0 spiro atoms. The second kappa shape index (κ2) is 2.93. The van der Waals surface area contributed by atoms with Gasteiger partial charge in [0.25, 0.3) is 11.4 Å². The third-order valence-corrected chi connectivity index (χ3v) is 2.62. The fourth-order valence-electron chi connectivity index (χ4n) is 1.72. The van der Waals surface area contributed by atoms with E-state index in [1.165, 1.54) is 6.21 Å². The van der Waals surface area contributed by atoms with E-state index in [1.54, 1.807) is 27.7 Å². The normalized spacial score (nSPS) is 26.4. The molecule has 14 heavy (non-hydrogen) atoms. The monoisotopic (exact) mass is 201 g/mol. The summed E-state index contributed by atoms with van der Waals surface area (Å²) in [7, 11) is 0. The van der Waals surface area contributed by atoms with Crippen LogP contribution in [0, 0.1) is 0 Å². The van der Waals surface area contributed by atoms with Crippen LogP contribution in [0.5, 0.6) is 0 Å². The highest BCUT2D eigenvalue weighted by Crippen LogP contribution is 2.30. The summed E-state index contributed by atoms with van der Waals surface area (Å²) >= 11 is 0.